The van der Waals surface area contributed by atoms with E-state index in [9.17, 15) is 15.2 Å². The van der Waals surface area contributed by atoms with Gasteiger partial charge in [-0.2, -0.15) is 10.4 Å². The van der Waals surface area contributed by atoms with Gasteiger partial charge in [-0.25, -0.2) is 4.52 Å². The van der Waals surface area contributed by atoms with Gasteiger partial charge in [0, 0.05) is 36.8 Å². The van der Waals surface area contributed by atoms with E-state index in [0.717, 1.165) is 63.9 Å². The second-order valence-electron chi connectivity index (χ2n) is 11.0. The molecule has 4 aromatic heterocycles. The molecule has 200 valence electrons. The first-order chi connectivity index (χ1) is 18.8. The van der Waals surface area contributed by atoms with E-state index in [1.165, 1.54) is 0 Å². The molecule has 0 aromatic carbocycles. The van der Waals surface area contributed by atoms with Crippen molar-refractivity contribution in [2.75, 3.05) is 5.32 Å². The molecule has 39 heavy (non-hydrogen) atoms. The minimum absolute atomic E-state index is 0.0245. The van der Waals surface area contributed by atoms with Gasteiger partial charge in [0.2, 0.25) is 5.91 Å². The van der Waals surface area contributed by atoms with Crippen LogP contribution in [0.5, 0.6) is 0 Å². The van der Waals surface area contributed by atoms with Crippen LogP contribution in [0.25, 0.3) is 27.5 Å². The van der Waals surface area contributed by atoms with E-state index in [1.807, 2.05) is 31.3 Å². The zero-order valence-electron chi connectivity index (χ0n) is 21.9. The van der Waals surface area contributed by atoms with Gasteiger partial charge in [-0.1, -0.05) is 11.3 Å². The molecule has 1 amide bonds. The molecule has 4 heterocycles. The van der Waals surface area contributed by atoms with Crippen LogP contribution in [0, 0.1) is 11.3 Å². The molecule has 0 radical (unpaired) electrons. The van der Waals surface area contributed by atoms with Crippen LogP contribution in [-0.4, -0.2) is 53.5 Å². The summed E-state index contributed by atoms with van der Waals surface area (Å²) in [5.41, 5.74) is 4.00. The minimum Gasteiger partial charge on any atom is -0.390 e. The quantitative estimate of drug-likeness (QED) is 0.328. The predicted molar refractivity (Wildman–Crippen MR) is 148 cm³/mol. The summed E-state index contributed by atoms with van der Waals surface area (Å²) in [5.74, 6) is 0.361. The molecule has 6 rings (SSSR count). The molecule has 4 aromatic rings. The number of aliphatic hydroxyl groups is 1. The van der Waals surface area contributed by atoms with Crippen molar-refractivity contribution in [3.05, 3.63) is 47.2 Å². The van der Waals surface area contributed by atoms with Crippen molar-refractivity contribution in [2.45, 2.75) is 76.0 Å². The molecule has 0 bridgehead atoms. The number of fused-ring (bicyclic) bond motifs is 1. The number of carbonyl (C=O) groups is 1. The van der Waals surface area contributed by atoms with Crippen LogP contribution < -0.4 is 10.6 Å². The third-order valence-corrected chi connectivity index (χ3v) is 8.80. The summed E-state index contributed by atoms with van der Waals surface area (Å²) in [5, 5.41) is 41.5. The molecule has 0 spiro atoms. The minimum atomic E-state index is -0.653. The Labute approximate surface area is 230 Å². The van der Waals surface area contributed by atoms with Gasteiger partial charge < -0.3 is 15.7 Å². The fourth-order valence-electron chi connectivity index (χ4n) is 5.74. The van der Waals surface area contributed by atoms with Crippen molar-refractivity contribution in [3.63, 3.8) is 0 Å². The summed E-state index contributed by atoms with van der Waals surface area (Å²) in [4.78, 5) is 16.2. The molecule has 11 heteroatoms. The molecule has 2 saturated carbocycles. The number of pyridine rings is 1. The van der Waals surface area contributed by atoms with E-state index in [2.05, 4.69) is 32.0 Å². The first-order valence-electron chi connectivity index (χ1n) is 13.3. The van der Waals surface area contributed by atoms with E-state index in [-0.39, 0.29) is 18.0 Å². The fourth-order valence-corrected chi connectivity index (χ4v) is 6.78. The van der Waals surface area contributed by atoms with Gasteiger partial charge in [0.1, 0.15) is 11.1 Å². The molecule has 0 aliphatic heterocycles. The molecule has 0 saturated heterocycles. The maximum Gasteiger partial charge on any atom is 0.217 e. The number of anilines is 1. The Morgan fingerprint density at radius 3 is 2.67 bits per heavy atom. The molecular formula is C28H30N8O2S. The lowest BCUT2D eigenvalue weighted by Crippen LogP contribution is -2.48. The van der Waals surface area contributed by atoms with Gasteiger partial charge in [-0.3, -0.25) is 9.78 Å². The lowest BCUT2D eigenvalue weighted by Gasteiger charge is -2.42. The zero-order chi connectivity index (χ0) is 27.1. The number of nitrogens with zero attached hydrogens (tertiary/aromatic N) is 6. The molecular weight excluding hydrogens is 512 g/mol. The van der Waals surface area contributed by atoms with Crippen molar-refractivity contribution in [2.24, 2.45) is 0 Å². The van der Waals surface area contributed by atoms with Gasteiger partial charge in [0.05, 0.1) is 39.8 Å². The number of hydrogen-bond acceptors (Lipinski definition) is 9. The normalized spacial score (nSPS) is 24.6. The van der Waals surface area contributed by atoms with E-state index >= 15 is 0 Å². The lowest BCUT2D eigenvalue weighted by molar-refractivity contribution is -0.119. The number of aromatic nitrogens is 5. The molecule has 2 aliphatic carbocycles. The average Bonchev–Trinajstić information content (AvgIpc) is 3.55. The van der Waals surface area contributed by atoms with Crippen molar-refractivity contribution in [1.29, 1.82) is 5.26 Å². The maximum atomic E-state index is 11.4. The van der Waals surface area contributed by atoms with Crippen LogP contribution in [0.2, 0.25) is 0 Å². The SMILES string of the molecule is CC(=O)NC1CCC(c2nnc(-c3cnc(-c4ccc5cc(C#N)cnn45)cc3NC3CC(C)(O)C3)s2)CC1. The zero-order valence-corrected chi connectivity index (χ0v) is 22.7. The van der Waals surface area contributed by atoms with Crippen LogP contribution in [0.3, 0.4) is 0 Å². The van der Waals surface area contributed by atoms with Gasteiger partial charge in [-0.15, -0.1) is 10.2 Å². The second-order valence-corrected chi connectivity index (χ2v) is 12.0. The Kier molecular flexibility index (Phi) is 6.53. The third kappa shape index (κ3) is 5.22. The number of rotatable bonds is 6. The van der Waals surface area contributed by atoms with Gasteiger partial charge in [0.15, 0.2) is 5.01 Å². The Hall–Kier alpha value is -3.88. The predicted octanol–water partition coefficient (Wildman–Crippen LogP) is 4.27. The van der Waals surface area contributed by atoms with Gasteiger partial charge in [-0.05, 0) is 69.7 Å². The summed E-state index contributed by atoms with van der Waals surface area (Å²) in [6.45, 7) is 3.42. The van der Waals surface area contributed by atoms with Crippen LogP contribution in [-0.2, 0) is 4.79 Å². The first kappa shape index (κ1) is 25.4. The molecule has 3 N–H and O–H groups in total. The number of amides is 1. The highest BCUT2D eigenvalue weighted by Crippen LogP contribution is 2.41. The molecule has 2 fully saturated rings. The highest BCUT2D eigenvalue weighted by molar-refractivity contribution is 7.14. The number of hydrogen-bond donors (Lipinski definition) is 3. The smallest absolute Gasteiger partial charge is 0.217 e. The lowest BCUT2D eigenvalue weighted by atomic mass is 9.77. The summed E-state index contributed by atoms with van der Waals surface area (Å²) >= 11 is 1.60. The average molecular weight is 543 g/mol. The number of nitrogens with one attached hydrogen (secondary N) is 2. The maximum absolute atomic E-state index is 11.4. The second kappa shape index (κ2) is 10.0. The number of nitriles is 1. The van der Waals surface area contributed by atoms with Crippen LogP contribution >= 0.6 is 11.3 Å². The summed E-state index contributed by atoms with van der Waals surface area (Å²) in [6.07, 6.45) is 8.53. The Bertz CT molecular complexity index is 1570. The molecule has 10 nitrogen and oxygen atoms in total. The first-order valence-corrected chi connectivity index (χ1v) is 14.1. The van der Waals surface area contributed by atoms with E-state index in [1.54, 1.807) is 35.0 Å². The van der Waals surface area contributed by atoms with E-state index in [4.69, 9.17) is 4.98 Å². The fraction of sp³-hybridized carbons (Fsp3) is 0.429. The standard InChI is InChI=1S/C28H30N8O2S/c1-16(37)32-19-5-3-18(4-6-19)26-34-35-27(39-26)22-15-30-24(10-23(22)33-20-11-28(2,38)12-20)25-8-7-21-9-17(13-29)14-31-36(21)25/h7-10,14-15,18-20,38H,3-6,11-12H2,1-2H3,(H,30,33)(H,32,37). The summed E-state index contributed by atoms with van der Waals surface area (Å²) < 4.78 is 1.78. The molecule has 0 unspecified atom stereocenters. The van der Waals surface area contributed by atoms with Crippen molar-refractivity contribution >= 4 is 28.4 Å². The van der Waals surface area contributed by atoms with E-state index in [0.29, 0.717) is 24.3 Å². The Morgan fingerprint density at radius 2 is 1.95 bits per heavy atom. The van der Waals surface area contributed by atoms with E-state index < -0.39 is 5.60 Å². The van der Waals surface area contributed by atoms with Crippen molar-refractivity contribution in [1.82, 2.24) is 30.1 Å². The van der Waals surface area contributed by atoms with Gasteiger partial charge in [0.25, 0.3) is 0 Å². The van der Waals surface area contributed by atoms with Crippen LogP contribution in [0.15, 0.2) is 36.7 Å². The Morgan fingerprint density at radius 1 is 1.15 bits per heavy atom. The van der Waals surface area contributed by atoms with Gasteiger partial charge >= 0.3 is 0 Å². The largest absolute Gasteiger partial charge is 0.390 e. The van der Waals surface area contributed by atoms with Crippen molar-refractivity contribution < 1.29 is 9.90 Å². The molecule has 0 atom stereocenters. The summed E-state index contributed by atoms with van der Waals surface area (Å²) in [6, 6.07) is 10.2. The molecule has 2 aliphatic rings. The van der Waals surface area contributed by atoms with Crippen LogP contribution in [0.1, 0.15) is 68.9 Å². The monoisotopic (exact) mass is 542 g/mol. The van der Waals surface area contributed by atoms with Crippen molar-refractivity contribution in [3.8, 4) is 28.0 Å². The topological polar surface area (TPSA) is 141 Å². The highest BCUT2D eigenvalue weighted by atomic mass is 32.1. The highest BCUT2D eigenvalue weighted by Gasteiger charge is 2.38. The third-order valence-electron chi connectivity index (χ3n) is 7.68. The van der Waals surface area contributed by atoms with Crippen LogP contribution in [0.4, 0.5) is 5.69 Å². The summed E-state index contributed by atoms with van der Waals surface area (Å²) in [7, 11) is 0. The Balaban J connectivity index is 1.29. The number of carbonyl (C=O) groups excluding carboxylic acids is 1.